The molecule has 0 saturated carbocycles. The lowest BCUT2D eigenvalue weighted by Crippen LogP contribution is -2.19. The molecule has 0 amide bonds. The van der Waals surface area contributed by atoms with E-state index in [4.69, 9.17) is 5.73 Å². The fourth-order valence-electron chi connectivity index (χ4n) is 2.95. The first-order valence-corrected chi connectivity index (χ1v) is 7.38. The molecule has 1 nitrogen and oxygen atoms in total. The Balaban J connectivity index is 2.39. The molecule has 0 spiro atoms. The molecule has 0 heterocycles. The Morgan fingerprint density at radius 1 is 0.900 bits per heavy atom. The summed E-state index contributed by atoms with van der Waals surface area (Å²) in [6, 6.07) is 19.5. The molecule has 2 N–H and O–H groups in total. The Kier molecular flexibility index (Phi) is 3.45. The lowest BCUT2D eigenvalue weighted by Gasteiger charge is -2.22. The van der Waals surface area contributed by atoms with E-state index in [9.17, 15) is 0 Å². The van der Waals surface area contributed by atoms with Crippen molar-refractivity contribution in [2.24, 2.45) is 11.7 Å². The zero-order chi connectivity index (χ0) is 14.1. The van der Waals surface area contributed by atoms with Crippen LogP contribution in [0.15, 0.2) is 54.6 Å². The van der Waals surface area contributed by atoms with Crippen LogP contribution in [0.4, 0.5) is 0 Å². The zero-order valence-electron chi connectivity index (χ0n) is 12.1. The number of benzene rings is 3. The molecule has 0 radical (unpaired) electrons. The predicted octanol–water partition coefficient (Wildman–Crippen LogP) is 5.04. The van der Waals surface area contributed by atoms with Gasteiger partial charge in [-0.05, 0) is 39.1 Å². The van der Waals surface area contributed by atoms with Gasteiger partial charge in [-0.3, -0.25) is 0 Å². The average molecular weight is 263 g/mol. The first kappa shape index (κ1) is 13.1. The van der Waals surface area contributed by atoms with Crippen LogP contribution in [0.3, 0.4) is 0 Å². The van der Waals surface area contributed by atoms with Crippen molar-refractivity contribution in [3.8, 4) is 0 Å². The van der Waals surface area contributed by atoms with Crippen LogP contribution in [0.5, 0.6) is 0 Å². The van der Waals surface area contributed by atoms with Crippen LogP contribution in [0, 0.1) is 5.92 Å². The zero-order valence-corrected chi connectivity index (χ0v) is 12.1. The fraction of sp³-hybridized carbons (Fsp3) is 0.263. The van der Waals surface area contributed by atoms with Gasteiger partial charge in [0.25, 0.3) is 0 Å². The second-order valence-corrected chi connectivity index (χ2v) is 5.64. The molecular weight excluding hydrogens is 242 g/mol. The molecule has 0 aliphatic carbocycles. The maximum absolute atomic E-state index is 6.58. The van der Waals surface area contributed by atoms with Crippen LogP contribution >= 0.6 is 0 Å². The Morgan fingerprint density at radius 2 is 1.40 bits per heavy atom. The van der Waals surface area contributed by atoms with Crippen LogP contribution < -0.4 is 5.73 Å². The fourth-order valence-corrected chi connectivity index (χ4v) is 2.95. The Labute approximate surface area is 120 Å². The van der Waals surface area contributed by atoms with Gasteiger partial charge in [-0.2, -0.15) is 0 Å². The van der Waals surface area contributed by atoms with E-state index < -0.39 is 0 Å². The summed E-state index contributed by atoms with van der Waals surface area (Å²) >= 11 is 0. The number of hydrogen-bond donors (Lipinski definition) is 1. The van der Waals surface area contributed by atoms with Gasteiger partial charge >= 0.3 is 0 Å². The van der Waals surface area contributed by atoms with Crippen molar-refractivity contribution in [3.05, 3.63) is 60.2 Å². The van der Waals surface area contributed by atoms with Crippen molar-refractivity contribution in [3.63, 3.8) is 0 Å². The summed E-state index contributed by atoms with van der Waals surface area (Å²) in [5, 5.41) is 5.14. The standard InChI is InChI=1S/C19H21N/c1-3-13(2)19(20)18-16-10-6-4-8-14(16)12-15-9-5-7-11-17(15)18/h4-13,19H,3,20H2,1-2H3/t13?,19-/m1/s1. The highest BCUT2D eigenvalue weighted by molar-refractivity contribution is 6.02. The first-order valence-electron chi connectivity index (χ1n) is 7.38. The topological polar surface area (TPSA) is 26.0 Å². The van der Waals surface area contributed by atoms with Crippen molar-refractivity contribution < 1.29 is 0 Å². The first-order chi connectivity index (χ1) is 9.72. The Morgan fingerprint density at radius 3 is 1.90 bits per heavy atom. The summed E-state index contributed by atoms with van der Waals surface area (Å²) in [4.78, 5) is 0. The van der Waals surface area contributed by atoms with Gasteiger partial charge in [0.2, 0.25) is 0 Å². The van der Waals surface area contributed by atoms with E-state index in [0.717, 1.165) is 6.42 Å². The van der Waals surface area contributed by atoms with Crippen LogP contribution in [0.1, 0.15) is 31.9 Å². The van der Waals surface area contributed by atoms with E-state index in [0.29, 0.717) is 5.92 Å². The normalized spacial score (nSPS) is 14.6. The molecule has 0 aromatic heterocycles. The van der Waals surface area contributed by atoms with Gasteiger partial charge in [-0.15, -0.1) is 0 Å². The minimum Gasteiger partial charge on any atom is -0.324 e. The molecule has 1 unspecified atom stereocenters. The summed E-state index contributed by atoms with van der Waals surface area (Å²) < 4.78 is 0. The van der Waals surface area contributed by atoms with Gasteiger partial charge in [-0.25, -0.2) is 0 Å². The predicted molar refractivity (Wildman–Crippen MR) is 87.8 cm³/mol. The molecule has 3 aromatic carbocycles. The number of fused-ring (bicyclic) bond motifs is 2. The third-order valence-corrected chi connectivity index (χ3v) is 4.40. The Bertz CT molecular complexity index is 691. The maximum Gasteiger partial charge on any atom is 0.0333 e. The van der Waals surface area contributed by atoms with Crippen LogP contribution in [0.25, 0.3) is 21.5 Å². The molecule has 102 valence electrons. The summed E-state index contributed by atoms with van der Waals surface area (Å²) in [7, 11) is 0. The van der Waals surface area contributed by atoms with E-state index in [1.165, 1.54) is 27.1 Å². The third kappa shape index (κ3) is 2.08. The lowest BCUT2D eigenvalue weighted by atomic mass is 9.86. The van der Waals surface area contributed by atoms with Crippen LogP contribution in [0.2, 0.25) is 0 Å². The summed E-state index contributed by atoms with van der Waals surface area (Å²) in [6.07, 6.45) is 1.10. The Hall–Kier alpha value is -1.86. The SMILES string of the molecule is CCC(C)[C@@H](N)c1c2ccccc2cc2ccccc12. The average Bonchev–Trinajstić information content (AvgIpc) is 2.51. The molecule has 3 aromatic rings. The van der Waals surface area contributed by atoms with Crippen molar-refractivity contribution in [2.45, 2.75) is 26.3 Å². The van der Waals surface area contributed by atoms with Crippen molar-refractivity contribution >= 4 is 21.5 Å². The van der Waals surface area contributed by atoms with Gasteiger partial charge < -0.3 is 5.73 Å². The number of nitrogens with two attached hydrogens (primary N) is 1. The second-order valence-electron chi connectivity index (χ2n) is 5.64. The molecular formula is C19H21N. The highest BCUT2D eigenvalue weighted by atomic mass is 14.6. The van der Waals surface area contributed by atoms with Gasteiger partial charge in [0, 0.05) is 6.04 Å². The van der Waals surface area contributed by atoms with Gasteiger partial charge in [0.1, 0.15) is 0 Å². The third-order valence-electron chi connectivity index (χ3n) is 4.40. The molecule has 0 aliphatic heterocycles. The highest BCUT2D eigenvalue weighted by Crippen LogP contribution is 2.35. The molecule has 0 fully saturated rings. The molecule has 20 heavy (non-hydrogen) atoms. The molecule has 2 atom stereocenters. The van der Waals surface area contributed by atoms with Crippen LogP contribution in [-0.4, -0.2) is 0 Å². The largest absolute Gasteiger partial charge is 0.324 e. The van der Waals surface area contributed by atoms with Gasteiger partial charge in [0.05, 0.1) is 0 Å². The molecule has 0 saturated heterocycles. The second kappa shape index (κ2) is 5.26. The van der Waals surface area contributed by atoms with E-state index >= 15 is 0 Å². The van der Waals surface area contributed by atoms with Crippen molar-refractivity contribution in [1.29, 1.82) is 0 Å². The molecule has 3 rings (SSSR count). The van der Waals surface area contributed by atoms with E-state index in [1.54, 1.807) is 0 Å². The summed E-state index contributed by atoms with van der Waals surface area (Å²) in [5.41, 5.74) is 7.88. The van der Waals surface area contributed by atoms with Crippen molar-refractivity contribution in [2.75, 3.05) is 0 Å². The lowest BCUT2D eigenvalue weighted by molar-refractivity contribution is 0.461. The van der Waals surface area contributed by atoms with Gasteiger partial charge in [0.15, 0.2) is 0 Å². The van der Waals surface area contributed by atoms with Crippen LogP contribution in [-0.2, 0) is 0 Å². The van der Waals surface area contributed by atoms with E-state index in [2.05, 4.69) is 68.4 Å². The maximum atomic E-state index is 6.58. The highest BCUT2D eigenvalue weighted by Gasteiger charge is 2.18. The summed E-state index contributed by atoms with van der Waals surface area (Å²) in [5.74, 6) is 0.476. The molecule has 1 heteroatoms. The van der Waals surface area contributed by atoms with E-state index in [-0.39, 0.29) is 6.04 Å². The molecule has 0 bridgehead atoms. The summed E-state index contributed by atoms with van der Waals surface area (Å²) in [6.45, 7) is 4.44. The van der Waals surface area contributed by atoms with Gasteiger partial charge in [-0.1, -0.05) is 68.8 Å². The quantitative estimate of drug-likeness (QED) is 0.658. The smallest absolute Gasteiger partial charge is 0.0333 e. The van der Waals surface area contributed by atoms with Crippen molar-refractivity contribution in [1.82, 2.24) is 0 Å². The minimum absolute atomic E-state index is 0.0796. The minimum atomic E-state index is 0.0796. The number of hydrogen-bond acceptors (Lipinski definition) is 1. The van der Waals surface area contributed by atoms with E-state index in [1.807, 2.05) is 0 Å². The number of rotatable bonds is 3. The monoisotopic (exact) mass is 263 g/mol. The molecule has 0 aliphatic rings.